The number of amides is 2. The minimum absolute atomic E-state index is 0.0115. The summed E-state index contributed by atoms with van der Waals surface area (Å²) in [5, 5.41) is 2.99. The van der Waals surface area contributed by atoms with Gasteiger partial charge in [0.2, 0.25) is 11.8 Å². The summed E-state index contributed by atoms with van der Waals surface area (Å²) in [6, 6.07) is 5.42. The summed E-state index contributed by atoms with van der Waals surface area (Å²) in [7, 11) is 0. The van der Waals surface area contributed by atoms with Crippen LogP contribution in [0.3, 0.4) is 0 Å². The van der Waals surface area contributed by atoms with Crippen molar-refractivity contribution in [3.63, 3.8) is 0 Å². The van der Waals surface area contributed by atoms with E-state index in [9.17, 15) is 14.4 Å². The molecule has 8 nitrogen and oxygen atoms in total. The third-order valence-corrected chi connectivity index (χ3v) is 6.18. The van der Waals surface area contributed by atoms with Crippen molar-refractivity contribution < 1.29 is 9.59 Å². The fourth-order valence-electron chi connectivity index (χ4n) is 4.57. The first-order valence-corrected chi connectivity index (χ1v) is 11.5. The Morgan fingerprint density at radius 3 is 2.84 bits per heavy atom. The molecule has 2 aliphatic rings. The van der Waals surface area contributed by atoms with E-state index >= 15 is 0 Å². The highest BCUT2D eigenvalue weighted by atomic mass is 16.2. The SMILES string of the molecule is CC(C)CC(=O)NC[C@@H]1CCCc2nc3c(c(=O)n21)CN(C(=O)Cc1ccccn1)CC3. The lowest BCUT2D eigenvalue weighted by Crippen LogP contribution is -2.45. The van der Waals surface area contributed by atoms with Crippen LogP contribution in [0.5, 0.6) is 0 Å². The molecular formula is C24H31N5O3. The monoisotopic (exact) mass is 437 g/mol. The zero-order chi connectivity index (χ0) is 22.7. The summed E-state index contributed by atoms with van der Waals surface area (Å²) in [6.45, 7) is 5.29. The Hall–Kier alpha value is -3.03. The molecule has 2 aliphatic heterocycles. The molecule has 170 valence electrons. The molecular weight excluding hydrogens is 406 g/mol. The molecule has 0 bridgehead atoms. The Kier molecular flexibility index (Phi) is 6.67. The van der Waals surface area contributed by atoms with Crippen LogP contribution in [-0.4, -0.2) is 44.3 Å². The van der Waals surface area contributed by atoms with Gasteiger partial charge in [-0.2, -0.15) is 0 Å². The molecule has 0 radical (unpaired) electrons. The van der Waals surface area contributed by atoms with Gasteiger partial charge in [-0.25, -0.2) is 4.98 Å². The van der Waals surface area contributed by atoms with E-state index in [1.807, 2.05) is 32.0 Å². The van der Waals surface area contributed by atoms with Gasteiger partial charge >= 0.3 is 0 Å². The van der Waals surface area contributed by atoms with Crippen LogP contribution < -0.4 is 10.9 Å². The van der Waals surface area contributed by atoms with Crippen molar-refractivity contribution in [2.45, 2.75) is 65.0 Å². The van der Waals surface area contributed by atoms with E-state index in [0.29, 0.717) is 37.4 Å². The number of aromatic nitrogens is 3. The summed E-state index contributed by atoms with van der Waals surface area (Å²) >= 11 is 0. The Morgan fingerprint density at radius 1 is 1.25 bits per heavy atom. The van der Waals surface area contributed by atoms with Crippen molar-refractivity contribution >= 4 is 11.8 Å². The van der Waals surface area contributed by atoms with Crippen molar-refractivity contribution in [2.75, 3.05) is 13.1 Å². The number of hydrogen-bond acceptors (Lipinski definition) is 5. The highest BCUT2D eigenvalue weighted by Crippen LogP contribution is 2.24. The molecule has 0 saturated heterocycles. The summed E-state index contributed by atoms with van der Waals surface area (Å²) in [4.78, 5) is 49.2. The average molecular weight is 438 g/mol. The molecule has 0 saturated carbocycles. The van der Waals surface area contributed by atoms with Crippen molar-refractivity contribution in [3.8, 4) is 0 Å². The summed E-state index contributed by atoms with van der Waals surface area (Å²) < 4.78 is 1.77. The summed E-state index contributed by atoms with van der Waals surface area (Å²) in [5.41, 5.74) is 2.08. The molecule has 32 heavy (non-hydrogen) atoms. The normalized spacial score (nSPS) is 17.6. The molecule has 2 amide bonds. The predicted molar refractivity (Wildman–Crippen MR) is 120 cm³/mol. The number of carbonyl (C=O) groups excluding carboxylic acids is 2. The molecule has 1 N–H and O–H groups in total. The molecule has 1 atom stereocenters. The van der Waals surface area contributed by atoms with Gasteiger partial charge in [0, 0.05) is 44.2 Å². The molecule has 2 aromatic heterocycles. The van der Waals surface area contributed by atoms with Gasteiger partial charge in [0.15, 0.2) is 0 Å². The topological polar surface area (TPSA) is 97.2 Å². The second-order valence-corrected chi connectivity index (χ2v) is 9.14. The van der Waals surface area contributed by atoms with Crippen LogP contribution in [0.15, 0.2) is 29.2 Å². The Morgan fingerprint density at radius 2 is 2.09 bits per heavy atom. The minimum atomic E-state index is -0.0974. The van der Waals surface area contributed by atoms with Gasteiger partial charge in [-0.3, -0.25) is 23.9 Å². The first kappa shape index (κ1) is 22.2. The van der Waals surface area contributed by atoms with E-state index in [4.69, 9.17) is 4.98 Å². The van der Waals surface area contributed by atoms with E-state index in [0.717, 1.165) is 36.5 Å². The smallest absolute Gasteiger partial charge is 0.259 e. The van der Waals surface area contributed by atoms with Crippen LogP contribution in [0.25, 0.3) is 0 Å². The van der Waals surface area contributed by atoms with E-state index < -0.39 is 0 Å². The standard InChI is InChI=1S/C24H31N5O3/c1-16(2)12-22(30)26-14-18-7-5-8-21-27-20-9-11-28(15-19(20)24(32)29(18)21)23(31)13-17-6-3-4-10-25-17/h3-4,6,10,16,18H,5,7-9,11-15H2,1-2H3,(H,26,30)/t18-/m0/s1. The molecule has 4 rings (SSSR count). The second-order valence-electron chi connectivity index (χ2n) is 9.14. The first-order chi connectivity index (χ1) is 15.4. The minimum Gasteiger partial charge on any atom is -0.354 e. The van der Waals surface area contributed by atoms with Crippen molar-refractivity contribution in [1.82, 2.24) is 24.8 Å². The third-order valence-electron chi connectivity index (χ3n) is 6.18. The van der Waals surface area contributed by atoms with Gasteiger partial charge in [0.05, 0.1) is 30.3 Å². The largest absolute Gasteiger partial charge is 0.354 e. The third kappa shape index (κ3) is 4.89. The van der Waals surface area contributed by atoms with Crippen LogP contribution in [0, 0.1) is 5.92 Å². The molecule has 0 fully saturated rings. The quantitative estimate of drug-likeness (QED) is 0.743. The van der Waals surface area contributed by atoms with Crippen LogP contribution in [0.1, 0.15) is 61.9 Å². The lowest BCUT2D eigenvalue weighted by Gasteiger charge is -2.32. The molecule has 0 aromatic carbocycles. The van der Waals surface area contributed by atoms with E-state index in [2.05, 4.69) is 10.3 Å². The number of nitrogens with one attached hydrogen (secondary N) is 1. The fourth-order valence-corrected chi connectivity index (χ4v) is 4.57. The van der Waals surface area contributed by atoms with Crippen LogP contribution in [0.2, 0.25) is 0 Å². The highest BCUT2D eigenvalue weighted by Gasteiger charge is 2.30. The van der Waals surface area contributed by atoms with Crippen molar-refractivity contribution in [3.05, 3.63) is 57.5 Å². The average Bonchev–Trinajstić information content (AvgIpc) is 2.77. The van der Waals surface area contributed by atoms with Gasteiger partial charge in [0.1, 0.15) is 5.82 Å². The van der Waals surface area contributed by atoms with Gasteiger partial charge in [0.25, 0.3) is 5.56 Å². The lowest BCUT2D eigenvalue weighted by atomic mass is 10.00. The summed E-state index contributed by atoms with van der Waals surface area (Å²) in [5.74, 6) is 1.07. The fraction of sp³-hybridized carbons (Fsp3) is 0.542. The van der Waals surface area contributed by atoms with E-state index in [1.165, 1.54) is 0 Å². The van der Waals surface area contributed by atoms with Gasteiger partial charge in [-0.15, -0.1) is 0 Å². The number of aryl methyl sites for hydroxylation is 1. The van der Waals surface area contributed by atoms with Gasteiger partial charge < -0.3 is 10.2 Å². The highest BCUT2D eigenvalue weighted by molar-refractivity contribution is 5.78. The maximum Gasteiger partial charge on any atom is 0.259 e. The Balaban J connectivity index is 1.52. The van der Waals surface area contributed by atoms with E-state index in [-0.39, 0.29) is 36.4 Å². The van der Waals surface area contributed by atoms with Gasteiger partial charge in [-0.1, -0.05) is 19.9 Å². The maximum absolute atomic E-state index is 13.5. The number of pyridine rings is 1. The molecule has 8 heteroatoms. The predicted octanol–water partition coefficient (Wildman–Crippen LogP) is 1.81. The Labute approximate surface area is 188 Å². The van der Waals surface area contributed by atoms with E-state index in [1.54, 1.807) is 15.7 Å². The van der Waals surface area contributed by atoms with Crippen LogP contribution in [-0.2, 0) is 35.4 Å². The van der Waals surface area contributed by atoms with Crippen LogP contribution in [0.4, 0.5) is 0 Å². The molecule has 0 unspecified atom stereocenters. The second kappa shape index (κ2) is 9.63. The lowest BCUT2D eigenvalue weighted by molar-refractivity contribution is -0.131. The van der Waals surface area contributed by atoms with Crippen molar-refractivity contribution in [2.24, 2.45) is 5.92 Å². The van der Waals surface area contributed by atoms with Gasteiger partial charge in [-0.05, 0) is 30.9 Å². The molecule has 2 aromatic rings. The number of nitrogens with zero attached hydrogens (tertiary/aromatic N) is 4. The first-order valence-electron chi connectivity index (χ1n) is 11.5. The number of carbonyl (C=O) groups is 2. The maximum atomic E-state index is 13.5. The molecule has 0 spiro atoms. The van der Waals surface area contributed by atoms with Crippen molar-refractivity contribution in [1.29, 1.82) is 0 Å². The summed E-state index contributed by atoms with van der Waals surface area (Å²) in [6.07, 6.45) is 5.51. The zero-order valence-electron chi connectivity index (χ0n) is 18.8. The number of hydrogen-bond donors (Lipinski definition) is 1. The number of fused-ring (bicyclic) bond motifs is 2. The van der Waals surface area contributed by atoms with Crippen LogP contribution >= 0.6 is 0 Å². The molecule has 4 heterocycles. The zero-order valence-corrected chi connectivity index (χ0v) is 18.8. The molecule has 0 aliphatic carbocycles. The number of rotatable bonds is 6. The Bertz CT molecular complexity index is 1050.